The number of hydrogen-bond acceptors (Lipinski definition) is 7. The highest BCUT2D eigenvalue weighted by Crippen LogP contribution is 2.35. The summed E-state index contributed by atoms with van der Waals surface area (Å²) in [5.41, 5.74) is 1.71. The number of halogens is 2. The van der Waals surface area contributed by atoms with E-state index in [0.29, 0.717) is 41.1 Å². The molecule has 192 valence electrons. The Kier molecular flexibility index (Phi) is 7.17. The Balaban J connectivity index is 0.00000304. The number of piperazine rings is 1. The van der Waals surface area contributed by atoms with Gasteiger partial charge in [0.25, 0.3) is 11.8 Å². The highest BCUT2D eigenvalue weighted by Gasteiger charge is 2.35. The quantitative estimate of drug-likeness (QED) is 0.457. The number of hydrogen-bond donors (Lipinski definition) is 3. The van der Waals surface area contributed by atoms with Crippen LogP contribution >= 0.6 is 12.4 Å². The third kappa shape index (κ3) is 4.86. The van der Waals surface area contributed by atoms with Gasteiger partial charge in [-0.25, -0.2) is 13.9 Å². The molecule has 3 N–H and O–H groups in total. The molecule has 0 unspecified atom stereocenters. The Bertz CT molecular complexity index is 1290. The number of aliphatic hydroxyl groups is 1. The van der Waals surface area contributed by atoms with E-state index >= 15 is 0 Å². The van der Waals surface area contributed by atoms with Crippen molar-refractivity contribution in [3.05, 3.63) is 53.5 Å². The average Bonchev–Trinajstić information content (AvgIpc) is 3.40. The number of benzene rings is 1. The fourth-order valence-electron chi connectivity index (χ4n) is 4.42. The lowest BCUT2D eigenvalue weighted by Crippen LogP contribution is -2.44. The number of nitrogens with zero attached hydrogens (tertiary/aromatic N) is 5. The summed E-state index contributed by atoms with van der Waals surface area (Å²) in [5, 5.41) is 20.5. The standard InChI is InChI=1S/C24H28FN7O3.ClH/c1-24(2,35)20(25)14-31-13-15-10-18(19(11-16(15)23(31)34)30-8-5-26-6-9-30)29-22(33)17-12-28-32-7-3-4-27-21(17)32;/h3-4,7,10-12,20,26,35H,5-6,8-9,13-14H2,1-2H3,(H,29,33);1H/t20-;/m1./s1. The molecule has 36 heavy (non-hydrogen) atoms. The molecule has 3 aromatic rings. The van der Waals surface area contributed by atoms with Crippen molar-refractivity contribution in [1.82, 2.24) is 24.8 Å². The summed E-state index contributed by atoms with van der Waals surface area (Å²) in [4.78, 5) is 34.1. The summed E-state index contributed by atoms with van der Waals surface area (Å²) in [6.45, 7) is 5.73. The zero-order chi connectivity index (χ0) is 24.7. The van der Waals surface area contributed by atoms with E-state index in [1.807, 2.05) is 0 Å². The Hall–Kier alpha value is -3.28. The van der Waals surface area contributed by atoms with E-state index in [1.54, 1.807) is 30.6 Å². The molecule has 4 heterocycles. The molecule has 0 saturated carbocycles. The van der Waals surface area contributed by atoms with Crippen molar-refractivity contribution < 1.29 is 19.1 Å². The second-order valence-electron chi connectivity index (χ2n) is 9.47. The van der Waals surface area contributed by atoms with E-state index in [0.717, 1.165) is 18.8 Å². The number of alkyl halides is 1. The van der Waals surface area contributed by atoms with Crippen molar-refractivity contribution >= 4 is 41.2 Å². The monoisotopic (exact) mass is 517 g/mol. The molecule has 10 nitrogen and oxygen atoms in total. The molecule has 0 bridgehead atoms. The third-order valence-corrected chi connectivity index (χ3v) is 6.48. The van der Waals surface area contributed by atoms with Gasteiger partial charge in [-0.1, -0.05) is 0 Å². The van der Waals surface area contributed by atoms with Crippen molar-refractivity contribution in [3.63, 3.8) is 0 Å². The molecule has 0 aliphatic carbocycles. The highest BCUT2D eigenvalue weighted by molar-refractivity contribution is 6.10. The second-order valence-corrected chi connectivity index (χ2v) is 9.47. The van der Waals surface area contributed by atoms with Gasteiger partial charge >= 0.3 is 0 Å². The maximum Gasteiger partial charge on any atom is 0.261 e. The predicted octanol–water partition coefficient (Wildman–Crippen LogP) is 1.88. The molecule has 1 atom stereocenters. The minimum Gasteiger partial charge on any atom is -0.387 e. The largest absolute Gasteiger partial charge is 0.387 e. The summed E-state index contributed by atoms with van der Waals surface area (Å²) in [6.07, 6.45) is 3.20. The molecule has 0 radical (unpaired) electrons. The van der Waals surface area contributed by atoms with Crippen LogP contribution < -0.4 is 15.5 Å². The van der Waals surface area contributed by atoms with Crippen LogP contribution in [0.15, 0.2) is 36.8 Å². The van der Waals surface area contributed by atoms with Crippen molar-refractivity contribution in [2.75, 3.05) is 42.9 Å². The first-order valence-electron chi connectivity index (χ1n) is 11.6. The van der Waals surface area contributed by atoms with Gasteiger partial charge in [0.2, 0.25) is 0 Å². The van der Waals surface area contributed by atoms with Gasteiger partial charge in [-0.15, -0.1) is 12.4 Å². The number of nitrogens with one attached hydrogen (secondary N) is 2. The van der Waals surface area contributed by atoms with E-state index in [2.05, 4.69) is 25.6 Å². The first kappa shape index (κ1) is 25.8. The van der Waals surface area contributed by atoms with Crippen molar-refractivity contribution in [2.45, 2.75) is 32.2 Å². The van der Waals surface area contributed by atoms with Gasteiger partial charge in [0, 0.05) is 50.7 Å². The molecule has 1 saturated heterocycles. The van der Waals surface area contributed by atoms with Gasteiger partial charge in [0.05, 0.1) is 29.7 Å². The summed E-state index contributed by atoms with van der Waals surface area (Å²) in [5.74, 6) is -0.643. The number of carbonyl (C=O) groups is 2. The number of fused-ring (bicyclic) bond motifs is 2. The normalized spacial score (nSPS) is 16.6. The van der Waals surface area contributed by atoms with Crippen LogP contribution in [0.4, 0.5) is 15.8 Å². The van der Waals surface area contributed by atoms with Gasteiger partial charge in [0.15, 0.2) is 5.65 Å². The van der Waals surface area contributed by atoms with Crippen LogP contribution in [0.5, 0.6) is 0 Å². The van der Waals surface area contributed by atoms with Gasteiger partial charge in [-0.05, 0) is 37.6 Å². The first-order chi connectivity index (χ1) is 16.7. The minimum atomic E-state index is -1.59. The van der Waals surface area contributed by atoms with E-state index in [1.165, 1.54) is 29.5 Å². The lowest BCUT2D eigenvalue weighted by Gasteiger charge is -2.31. The topological polar surface area (TPSA) is 115 Å². The second kappa shape index (κ2) is 10.00. The lowest BCUT2D eigenvalue weighted by atomic mass is 10.0. The van der Waals surface area contributed by atoms with Crippen LogP contribution in [0.25, 0.3) is 5.65 Å². The number of aromatic nitrogens is 3. The number of anilines is 2. The summed E-state index contributed by atoms with van der Waals surface area (Å²) in [7, 11) is 0. The van der Waals surface area contributed by atoms with Crippen LogP contribution in [-0.4, -0.2) is 80.9 Å². The van der Waals surface area contributed by atoms with Gasteiger partial charge in [-0.3, -0.25) is 9.59 Å². The number of amides is 2. The van der Waals surface area contributed by atoms with Crippen LogP contribution in [0.2, 0.25) is 0 Å². The zero-order valence-corrected chi connectivity index (χ0v) is 20.9. The summed E-state index contributed by atoms with van der Waals surface area (Å²) >= 11 is 0. The third-order valence-electron chi connectivity index (χ3n) is 6.48. The molecule has 1 aromatic carbocycles. The van der Waals surface area contributed by atoms with Crippen molar-refractivity contribution in [1.29, 1.82) is 0 Å². The fourth-order valence-corrected chi connectivity index (χ4v) is 4.42. The molecule has 2 aromatic heterocycles. The van der Waals surface area contributed by atoms with E-state index in [4.69, 9.17) is 0 Å². The Morgan fingerprint density at radius 1 is 1.31 bits per heavy atom. The van der Waals surface area contributed by atoms with Gasteiger partial charge in [-0.2, -0.15) is 5.10 Å². The molecule has 2 aliphatic rings. The van der Waals surface area contributed by atoms with Crippen LogP contribution in [-0.2, 0) is 6.54 Å². The van der Waals surface area contributed by atoms with E-state index < -0.39 is 11.8 Å². The Morgan fingerprint density at radius 3 is 2.78 bits per heavy atom. The molecule has 12 heteroatoms. The minimum absolute atomic E-state index is 0. The zero-order valence-electron chi connectivity index (χ0n) is 20.1. The van der Waals surface area contributed by atoms with Crippen LogP contribution in [0.1, 0.15) is 40.1 Å². The first-order valence-corrected chi connectivity index (χ1v) is 11.6. The fraction of sp³-hybridized carbons (Fsp3) is 0.417. The molecule has 1 fully saturated rings. The van der Waals surface area contributed by atoms with Crippen molar-refractivity contribution in [2.24, 2.45) is 0 Å². The molecule has 0 spiro atoms. The summed E-state index contributed by atoms with van der Waals surface area (Å²) < 4.78 is 16.1. The molecule has 5 rings (SSSR count). The smallest absolute Gasteiger partial charge is 0.261 e. The van der Waals surface area contributed by atoms with E-state index in [-0.39, 0.29) is 37.3 Å². The highest BCUT2D eigenvalue weighted by atomic mass is 35.5. The molecular formula is C24H29ClFN7O3. The SMILES string of the molecule is CC(C)(O)[C@H](F)CN1Cc2cc(NC(=O)c3cnn4cccnc34)c(N3CCNCC3)cc2C1=O.Cl. The maximum atomic E-state index is 14.5. The Labute approximate surface area is 213 Å². The Morgan fingerprint density at radius 2 is 2.06 bits per heavy atom. The number of carbonyl (C=O) groups excluding carboxylic acids is 2. The summed E-state index contributed by atoms with van der Waals surface area (Å²) in [6, 6.07) is 5.30. The van der Waals surface area contributed by atoms with E-state index in [9.17, 15) is 19.1 Å². The maximum absolute atomic E-state index is 14.5. The van der Waals surface area contributed by atoms with Crippen LogP contribution in [0, 0.1) is 0 Å². The average molecular weight is 518 g/mol. The van der Waals surface area contributed by atoms with Crippen molar-refractivity contribution in [3.8, 4) is 0 Å². The lowest BCUT2D eigenvalue weighted by molar-refractivity contribution is -0.0159. The molecule has 2 aliphatic heterocycles. The van der Waals surface area contributed by atoms with Crippen LogP contribution in [0.3, 0.4) is 0 Å². The van der Waals surface area contributed by atoms with Gasteiger partial charge in [0.1, 0.15) is 11.7 Å². The number of rotatable bonds is 6. The predicted molar refractivity (Wildman–Crippen MR) is 136 cm³/mol. The van der Waals surface area contributed by atoms with Gasteiger partial charge < -0.3 is 25.5 Å². The molecular weight excluding hydrogens is 489 g/mol. The molecule has 2 amide bonds.